The van der Waals surface area contributed by atoms with E-state index in [2.05, 4.69) is 5.32 Å². The van der Waals surface area contributed by atoms with Crippen LogP contribution in [0.3, 0.4) is 0 Å². The van der Waals surface area contributed by atoms with E-state index in [1.54, 1.807) is 12.1 Å². The molecule has 0 aliphatic rings. The Balaban J connectivity index is 2.72. The van der Waals surface area contributed by atoms with Crippen LogP contribution in [0, 0.1) is 0 Å². The standard InChI is InChI=1S/C17H23NO6/c1-5-8-18-15(19)11-24-16(20)7-6-12-9-13(21-2)17(23-4)14(10-12)22-3/h6-7,9-10H,5,8,11H2,1-4H3,(H,18,19)/b7-6+. The average Bonchev–Trinajstić information content (AvgIpc) is 2.61. The van der Waals surface area contributed by atoms with Gasteiger partial charge in [-0.05, 0) is 30.2 Å². The summed E-state index contributed by atoms with van der Waals surface area (Å²) in [6.45, 7) is 2.18. The maximum atomic E-state index is 11.7. The molecule has 132 valence electrons. The van der Waals surface area contributed by atoms with Crippen molar-refractivity contribution < 1.29 is 28.5 Å². The van der Waals surface area contributed by atoms with Gasteiger partial charge in [0, 0.05) is 12.6 Å². The molecule has 0 fully saturated rings. The smallest absolute Gasteiger partial charge is 0.331 e. The molecule has 24 heavy (non-hydrogen) atoms. The SMILES string of the molecule is CCCNC(=O)COC(=O)/C=C/c1cc(OC)c(OC)c(OC)c1. The predicted octanol–water partition coefficient (Wildman–Crippen LogP) is 1.79. The zero-order valence-electron chi connectivity index (χ0n) is 14.4. The number of carbonyl (C=O) groups excluding carboxylic acids is 2. The molecule has 0 aromatic heterocycles. The van der Waals surface area contributed by atoms with E-state index < -0.39 is 5.97 Å². The molecule has 1 N–H and O–H groups in total. The van der Waals surface area contributed by atoms with Crippen LogP contribution in [0.1, 0.15) is 18.9 Å². The van der Waals surface area contributed by atoms with Crippen LogP contribution in [-0.2, 0) is 14.3 Å². The van der Waals surface area contributed by atoms with Crippen molar-refractivity contribution in [3.05, 3.63) is 23.8 Å². The molecule has 0 heterocycles. The molecule has 1 rings (SSSR count). The molecule has 1 aromatic rings. The normalized spacial score (nSPS) is 10.3. The molecule has 7 nitrogen and oxygen atoms in total. The minimum atomic E-state index is -0.615. The Hall–Kier alpha value is -2.70. The Morgan fingerprint density at radius 1 is 1.08 bits per heavy atom. The van der Waals surface area contributed by atoms with E-state index >= 15 is 0 Å². The number of benzene rings is 1. The molecule has 1 aromatic carbocycles. The Morgan fingerprint density at radius 2 is 1.71 bits per heavy atom. The number of esters is 1. The van der Waals surface area contributed by atoms with E-state index in [0.717, 1.165) is 6.42 Å². The molecule has 0 saturated carbocycles. The molecular weight excluding hydrogens is 314 g/mol. The summed E-state index contributed by atoms with van der Waals surface area (Å²) in [5.74, 6) is 0.474. The topological polar surface area (TPSA) is 83.1 Å². The summed E-state index contributed by atoms with van der Waals surface area (Å²) in [6.07, 6.45) is 3.59. The summed E-state index contributed by atoms with van der Waals surface area (Å²) in [4.78, 5) is 23.0. The van der Waals surface area contributed by atoms with Gasteiger partial charge in [-0.1, -0.05) is 6.92 Å². The van der Waals surface area contributed by atoms with Gasteiger partial charge in [0.2, 0.25) is 5.75 Å². The van der Waals surface area contributed by atoms with Crippen molar-refractivity contribution in [3.8, 4) is 17.2 Å². The molecule has 0 saturated heterocycles. The van der Waals surface area contributed by atoms with E-state index in [1.165, 1.54) is 33.5 Å². The monoisotopic (exact) mass is 337 g/mol. The summed E-state index contributed by atoms with van der Waals surface area (Å²) in [6, 6.07) is 3.39. The second kappa shape index (κ2) is 10.1. The summed E-state index contributed by atoms with van der Waals surface area (Å²) < 4.78 is 20.6. The first kappa shape index (κ1) is 19.3. The van der Waals surface area contributed by atoms with Crippen LogP contribution in [0.4, 0.5) is 0 Å². The molecule has 0 radical (unpaired) electrons. The minimum absolute atomic E-state index is 0.307. The van der Waals surface area contributed by atoms with E-state index in [4.69, 9.17) is 18.9 Å². The number of methoxy groups -OCH3 is 3. The third kappa shape index (κ3) is 5.83. The third-order valence-electron chi connectivity index (χ3n) is 3.02. The molecular formula is C17H23NO6. The van der Waals surface area contributed by atoms with Gasteiger partial charge in [0.25, 0.3) is 5.91 Å². The summed E-state index contributed by atoms with van der Waals surface area (Å²) in [5, 5.41) is 2.62. The van der Waals surface area contributed by atoms with Gasteiger partial charge >= 0.3 is 5.97 Å². The maximum absolute atomic E-state index is 11.7. The first-order valence-corrected chi connectivity index (χ1v) is 7.47. The van der Waals surface area contributed by atoms with E-state index in [-0.39, 0.29) is 12.5 Å². The lowest BCUT2D eigenvalue weighted by molar-refractivity contribution is -0.143. The molecule has 0 atom stereocenters. The van der Waals surface area contributed by atoms with Gasteiger partial charge in [-0.15, -0.1) is 0 Å². The Kier molecular flexibility index (Phi) is 8.18. The van der Waals surface area contributed by atoms with Gasteiger partial charge in [-0.25, -0.2) is 4.79 Å². The summed E-state index contributed by atoms with van der Waals surface area (Å²) in [5.41, 5.74) is 0.664. The first-order chi connectivity index (χ1) is 11.5. The van der Waals surface area contributed by atoms with Crippen LogP contribution >= 0.6 is 0 Å². The highest BCUT2D eigenvalue weighted by atomic mass is 16.5. The van der Waals surface area contributed by atoms with Crippen molar-refractivity contribution in [2.75, 3.05) is 34.5 Å². The number of carbonyl (C=O) groups is 2. The molecule has 0 bridgehead atoms. The van der Waals surface area contributed by atoms with Crippen molar-refractivity contribution in [2.24, 2.45) is 0 Å². The minimum Gasteiger partial charge on any atom is -0.493 e. The van der Waals surface area contributed by atoms with Gasteiger partial charge in [0.05, 0.1) is 21.3 Å². The second-order valence-corrected chi connectivity index (χ2v) is 4.75. The van der Waals surface area contributed by atoms with E-state index in [9.17, 15) is 9.59 Å². The Bertz CT molecular complexity index is 572. The molecule has 0 spiro atoms. The van der Waals surface area contributed by atoms with Crippen LogP contribution in [0.2, 0.25) is 0 Å². The number of hydrogen-bond acceptors (Lipinski definition) is 6. The number of amides is 1. The van der Waals surface area contributed by atoms with Crippen LogP contribution in [0.15, 0.2) is 18.2 Å². The van der Waals surface area contributed by atoms with Crippen LogP contribution in [0.5, 0.6) is 17.2 Å². The number of ether oxygens (including phenoxy) is 4. The lowest BCUT2D eigenvalue weighted by atomic mass is 10.1. The fourth-order valence-corrected chi connectivity index (χ4v) is 1.86. The van der Waals surface area contributed by atoms with Crippen molar-refractivity contribution >= 4 is 18.0 Å². The predicted molar refractivity (Wildman–Crippen MR) is 89.4 cm³/mol. The molecule has 0 unspecified atom stereocenters. The lowest BCUT2D eigenvalue weighted by Gasteiger charge is -2.12. The van der Waals surface area contributed by atoms with E-state index in [0.29, 0.717) is 29.4 Å². The number of hydrogen-bond donors (Lipinski definition) is 1. The Labute approximate surface area is 141 Å². The zero-order valence-corrected chi connectivity index (χ0v) is 14.4. The summed E-state index contributed by atoms with van der Waals surface area (Å²) in [7, 11) is 4.53. The highest BCUT2D eigenvalue weighted by Crippen LogP contribution is 2.38. The largest absolute Gasteiger partial charge is 0.493 e. The third-order valence-corrected chi connectivity index (χ3v) is 3.02. The molecule has 0 aliphatic carbocycles. The van der Waals surface area contributed by atoms with Crippen molar-refractivity contribution in [2.45, 2.75) is 13.3 Å². The highest BCUT2D eigenvalue weighted by Gasteiger charge is 2.12. The first-order valence-electron chi connectivity index (χ1n) is 7.47. The Morgan fingerprint density at radius 3 is 2.21 bits per heavy atom. The van der Waals surface area contributed by atoms with Crippen molar-refractivity contribution in [1.29, 1.82) is 0 Å². The van der Waals surface area contributed by atoms with Gasteiger partial charge < -0.3 is 24.3 Å². The summed E-state index contributed by atoms with van der Waals surface area (Å²) >= 11 is 0. The fraction of sp³-hybridized carbons (Fsp3) is 0.412. The van der Waals surface area contributed by atoms with Gasteiger partial charge in [0.15, 0.2) is 18.1 Å². The van der Waals surface area contributed by atoms with Gasteiger partial charge in [-0.3, -0.25) is 4.79 Å². The second-order valence-electron chi connectivity index (χ2n) is 4.75. The fourth-order valence-electron chi connectivity index (χ4n) is 1.86. The van der Waals surface area contributed by atoms with Crippen molar-refractivity contribution in [1.82, 2.24) is 5.32 Å². The molecule has 1 amide bonds. The van der Waals surface area contributed by atoms with Crippen LogP contribution in [0.25, 0.3) is 6.08 Å². The quantitative estimate of drug-likeness (QED) is 0.546. The van der Waals surface area contributed by atoms with Gasteiger partial charge in [0.1, 0.15) is 0 Å². The molecule has 7 heteroatoms. The average molecular weight is 337 g/mol. The van der Waals surface area contributed by atoms with Crippen LogP contribution < -0.4 is 19.5 Å². The van der Waals surface area contributed by atoms with Crippen LogP contribution in [-0.4, -0.2) is 46.4 Å². The number of nitrogens with one attached hydrogen (secondary N) is 1. The number of rotatable bonds is 9. The highest BCUT2D eigenvalue weighted by molar-refractivity contribution is 5.89. The van der Waals surface area contributed by atoms with Crippen molar-refractivity contribution in [3.63, 3.8) is 0 Å². The lowest BCUT2D eigenvalue weighted by Crippen LogP contribution is -2.28. The maximum Gasteiger partial charge on any atom is 0.331 e. The zero-order chi connectivity index (χ0) is 17.9. The molecule has 0 aliphatic heterocycles. The van der Waals surface area contributed by atoms with E-state index in [1.807, 2.05) is 6.92 Å². The van der Waals surface area contributed by atoms with Gasteiger partial charge in [-0.2, -0.15) is 0 Å².